The van der Waals surface area contributed by atoms with Crippen LogP contribution in [0.15, 0.2) is 0 Å². The molecule has 118 valence electrons. The van der Waals surface area contributed by atoms with E-state index in [0.717, 1.165) is 19.3 Å². The highest BCUT2D eigenvalue weighted by atomic mass is 16.6. The molecule has 0 spiro atoms. The zero-order valence-corrected chi connectivity index (χ0v) is 11.5. The molecule has 1 amide bonds. The number of unbranched alkanes of at least 4 members (excludes halogenated alkanes) is 2. The first-order valence-corrected chi connectivity index (χ1v) is 6.86. The molecule has 0 aromatic rings. The second-order valence-corrected chi connectivity index (χ2v) is 4.90. The predicted molar refractivity (Wildman–Crippen MR) is 69.2 cm³/mol. The molecule has 20 heavy (non-hydrogen) atoms. The van der Waals surface area contributed by atoms with Gasteiger partial charge >= 0.3 is 0 Å². The van der Waals surface area contributed by atoms with Crippen LogP contribution in [0.25, 0.3) is 0 Å². The van der Waals surface area contributed by atoms with Crippen LogP contribution in [0.5, 0.6) is 0 Å². The van der Waals surface area contributed by atoms with Gasteiger partial charge in [0.15, 0.2) is 6.23 Å². The number of hydrogen-bond donors (Lipinski definition) is 6. The van der Waals surface area contributed by atoms with Gasteiger partial charge in [-0.05, 0) is 6.42 Å². The van der Waals surface area contributed by atoms with E-state index in [4.69, 9.17) is 9.84 Å². The summed E-state index contributed by atoms with van der Waals surface area (Å²) in [6, 6.07) is 0. The Morgan fingerprint density at radius 1 is 1.15 bits per heavy atom. The molecule has 0 aromatic carbocycles. The second-order valence-electron chi connectivity index (χ2n) is 4.90. The summed E-state index contributed by atoms with van der Waals surface area (Å²) in [5.41, 5.74) is 4.83. The fourth-order valence-electron chi connectivity index (χ4n) is 1.97. The van der Waals surface area contributed by atoms with E-state index in [0.29, 0.717) is 6.42 Å². The molecule has 5 atom stereocenters. The van der Waals surface area contributed by atoms with Crippen molar-refractivity contribution >= 4 is 5.91 Å². The number of amides is 1. The van der Waals surface area contributed by atoms with Crippen molar-refractivity contribution in [2.24, 2.45) is 0 Å². The first kappa shape index (κ1) is 17.3. The van der Waals surface area contributed by atoms with Crippen molar-refractivity contribution in [3.63, 3.8) is 0 Å². The summed E-state index contributed by atoms with van der Waals surface area (Å²) in [7, 11) is 0. The molecule has 1 rings (SSSR count). The van der Waals surface area contributed by atoms with Crippen molar-refractivity contribution in [3.05, 3.63) is 0 Å². The van der Waals surface area contributed by atoms with Gasteiger partial charge in [-0.1, -0.05) is 19.8 Å². The molecule has 8 heteroatoms. The first-order chi connectivity index (χ1) is 9.51. The van der Waals surface area contributed by atoms with E-state index in [1.807, 2.05) is 6.92 Å². The molecule has 0 aliphatic carbocycles. The van der Waals surface area contributed by atoms with Crippen LogP contribution in [0.4, 0.5) is 0 Å². The molecule has 6 N–H and O–H groups in total. The number of aliphatic hydroxyl groups excluding tert-OH is 4. The van der Waals surface area contributed by atoms with Crippen molar-refractivity contribution in [1.29, 1.82) is 0 Å². The predicted octanol–water partition coefficient (Wildman–Crippen LogP) is -2.01. The monoisotopic (exact) mass is 292 g/mol. The zero-order valence-electron chi connectivity index (χ0n) is 11.5. The van der Waals surface area contributed by atoms with Crippen molar-refractivity contribution in [2.75, 3.05) is 6.61 Å². The van der Waals surface area contributed by atoms with Gasteiger partial charge in [0.2, 0.25) is 5.91 Å². The van der Waals surface area contributed by atoms with E-state index in [1.165, 1.54) is 0 Å². The van der Waals surface area contributed by atoms with Crippen molar-refractivity contribution in [2.45, 2.75) is 63.3 Å². The summed E-state index contributed by atoms with van der Waals surface area (Å²) >= 11 is 0. The number of hydrogen-bond acceptors (Lipinski definition) is 7. The van der Waals surface area contributed by atoms with E-state index < -0.39 is 37.3 Å². The molecule has 0 aromatic heterocycles. The average molecular weight is 292 g/mol. The minimum absolute atomic E-state index is 0.254. The highest BCUT2D eigenvalue weighted by Gasteiger charge is 2.43. The number of ether oxygens (including phenoxy) is 1. The third-order valence-electron chi connectivity index (χ3n) is 3.25. The smallest absolute Gasteiger partial charge is 0.234 e. The molecule has 1 aliphatic rings. The summed E-state index contributed by atoms with van der Waals surface area (Å²) in [5.74, 6) is -0.254. The van der Waals surface area contributed by atoms with Crippen LogP contribution < -0.4 is 10.9 Å². The third-order valence-corrected chi connectivity index (χ3v) is 3.25. The second kappa shape index (κ2) is 8.50. The van der Waals surface area contributed by atoms with Gasteiger partial charge in [-0.2, -0.15) is 0 Å². The summed E-state index contributed by atoms with van der Waals surface area (Å²) in [6.45, 7) is 1.53. The van der Waals surface area contributed by atoms with Gasteiger partial charge in [-0.15, -0.1) is 0 Å². The van der Waals surface area contributed by atoms with E-state index in [2.05, 4.69) is 10.9 Å². The van der Waals surface area contributed by atoms with E-state index in [9.17, 15) is 20.1 Å². The van der Waals surface area contributed by atoms with Crippen LogP contribution in [0.3, 0.4) is 0 Å². The Hall–Kier alpha value is -0.770. The van der Waals surface area contributed by atoms with Crippen LogP contribution in [0.2, 0.25) is 0 Å². The molecular weight excluding hydrogens is 268 g/mol. The van der Waals surface area contributed by atoms with Crippen molar-refractivity contribution < 1.29 is 30.0 Å². The molecule has 0 saturated carbocycles. The van der Waals surface area contributed by atoms with E-state index >= 15 is 0 Å². The van der Waals surface area contributed by atoms with E-state index in [1.54, 1.807) is 0 Å². The van der Waals surface area contributed by atoms with Gasteiger partial charge in [0, 0.05) is 6.42 Å². The maximum atomic E-state index is 11.5. The lowest BCUT2D eigenvalue weighted by molar-refractivity contribution is -0.238. The number of aliphatic hydroxyl groups is 4. The SMILES string of the molecule is CCCCCC(=O)NN[C@@H]1O[C@H](CO)[C@@H](O)[C@H](O)[C@H]1O. The molecule has 8 nitrogen and oxygen atoms in total. The fraction of sp³-hybridized carbons (Fsp3) is 0.917. The lowest BCUT2D eigenvalue weighted by atomic mass is 9.99. The van der Waals surface area contributed by atoms with Crippen LogP contribution in [0, 0.1) is 0 Å². The maximum absolute atomic E-state index is 11.5. The third kappa shape index (κ3) is 4.65. The summed E-state index contributed by atoms with van der Waals surface area (Å²) in [5, 5.41) is 37.9. The molecule has 1 fully saturated rings. The van der Waals surface area contributed by atoms with Crippen LogP contribution >= 0.6 is 0 Å². The topological polar surface area (TPSA) is 131 Å². The Morgan fingerprint density at radius 2 is 1.85 bits per heavy atom. The van der Waals surface area contributed by atoms with Crippen LogP contribution in [-0.2, 0) is 9.53 Å². The zero-order chi connectivity index (χ0) is 15.1. The number of nitrogens with one attached hydrogen (secondary N) is 2. The molecule has 1 heterocycles. The van der Waals surface area contributed by atoms with Crippen molar-refractivity contribution in [3.8, 4) is 0 Å². The van der Waals surface area contributed by atoms with Crippen molar-refractivity contribution in [1.82, 2.24) is 10.9 Å². The molecule has 0 unspecified atom stereocenters. The van der Waals surface area contributed by atoms with Crippen LogP contribution in [0.1, 0.15) is 32.6 Å². The summed E-state index contributed by atoms with van der Waals surface area (Å²) in [6.07, 6.45) is -3.31. The Morgan fingerprint density at radius 3 is 2.45 bits per heavy atom. The number of rotatable bonds is 7. The Bertz CT molecular complexity index is 302. The normalized spacial score (nSPS) is 34.0. The van der Waals surface area contributed by atoms with Gasteiger partial charge < -0.3 is 25.2 Å². The molecule has 0 bridgehead atoms. The standard InChI is InChI=1S/C12H24N2O6/c1-2-3-4-5-8(16)13-14-12-11(19)10(18)9(17)7(6-15)20-12/h7,9-12,14-15,17-19H,2-6H2,1H3,(H,13,16)/t7-,9-,10+,11-,12-/m1/s1. The van der Waals surface area contributed by atoms with Gasteiger partial charge in [0.1, 0.15) is 24.4 Å². The minimum Gasteiger partial charge on any atom is -0.394 e. The summed E-state index contributed by atoms with van der Waals surface area (Å²) < 4.78 is 5.17. The highest BCUT2D eigenvalue weighted by molar-refractivity contribution is 5.75. The van der Waals surface area contributed by atoms with Gasteiger partial charge in [0.25, 0.3) is 0 Å². The summed E-state index contributed by atoms with van der Waals surface area (Å²) in [4.78, 5) is 11.5. The average Bonchev–Trinajstić information content (AvgIpc) is 2.44. The molecule has 1 aliphatic heterocycles. The number of carbonyl (C=O) groups is 1. The Labute approximate surface area is 117 Å². The lowest BCUT2D eigenvalue weighted by Gasteiger charge is -2.40. The largest absolute Gasteiger partial charge is 0.394 e. The Kier molecular flexibility index (Phi) is 7.35. The van der Waals surface area contributed by atoms with Crippen LogP contribution in [-0.4, -0.2) is 63.6 Å². The molecule has 1 saturated heterocycles. The lowest BCUT2D eigenvalue weighted by Crippen LogP contribution is -2.64. The minimum atomic E-state index is -1.46. The maximum Gasteiger partial charge on any atom is 0.234 e. The highest BCUT2D eigenvalue weighted by Crippen LogP contribution is 2.19. The van der Waals surface area contributed by atoms with Gasteiger partial charge in [0.05, 0.1) is 6.61 Å². The van der Waals surface area contributed by atoms with Gasteiger partial charge in [-0.3, -0.25) is 10.2 Å². The van der Waals surface area contributed by atoms with E-state index in [-0.39, 0.29) is 5.91 Å². The quantitative estimate of drug-likeness (QED) is 0.236. The molecular formula is C12H24N2O6. The first-order valence-electron chi connectivity index (χ1n) is 6.86. The number of hydrazine groups is 1. The fourth-order valence-corrected chi connectivity index (χ4v) is 1.97. The molecule has 0 radical (unpaired) electrons. The Balaban J connectivity index is 2.40. The number of carbonyl (C=O) groups excluding carboxylic acids is 1. The van der Waals surface area contributed by atoms with Gasteiger partial charge in [-0.25, -0.2) is 5.43 Å².